The van der Waals surface area contributed by atoms with Gasteiger partial charge in [0.15, 0.2) is 5.16 Å². The molecule has 154 valence electrons. The molecule has 0 aromatic carbocycles. The Balaban J connectivity index is 1.91. The Morgan fingerprint density at radius 3 is 2.68 bits per heavy atom. The van der Waals surface area contributed by atoms with E-state index in [0.717, 1.165) is 35.9 Å². The summed E-state index contributed by atoms with van der Waals surface area (Å²) in [6, 6.07) is 0. The molecule has 0 bridgehead atoms. The largest absolute Gasteiger partial charge is 0.355 e. The summed E-state index contributed by atoms with van der Waals surface area (Å²) in [6.07, 6.45) is 5.31. The van der Waals surface area contributed by atoms with Gasteiger partial charge in [0.05, 0.1) is 11.1 Å². The molecule has 1 amide bonds. The second-order valence-electron chi connectivity index (χ2n) is 8.41. The van der Waals surface area contributed by atoms with E-state index in [-0.39, 0.29) is 17.2 Å². The molecule has 1 aliphatic rings. The monoisotopic (exact) mass is 421 g/mol. The van der Waals surface area contributed by atoms with Gasteiger partial charge in [-0.3, -0.25) is 14.2 Å². The number of hydrogen-bond acceptors (Lipinski definition) is 5. The Labute approximate surface area is 175 Å². The van der Waals surface area contributed by atoms with Crippen LogP contribution in [-0.2, 0) is 24.2 Å². The van der Waals surface area contributed by atoms with Gasteiger partial charge in [-0.05, 0) is 49.5 Å². The fraction of sp³-hybridized carbons (Fsp3) is 0.667. The molecular formula is C21H31N3O2S2. The summed E-state index contributed by atoms with van der Waals surface area (Å²) in [6.45, 7) is 9.80. The molecule has 3 rings (SSSR count). The second-order valence-corrected chi connectivity index (χ2v) is 10.4. The molecular weight excluding hydrogens is 390 g/mol. The number of aromatic nitrogens is 2. The van der Waals surface area contributed by atoms with Crippen molar-refractivity contribution in [3.8, 4) is 0 Å². The van der Waals surface area contributed by atoms with Crippen LogP contribution in [0.4, 0.5) is 0 Å². The van der Waals surface area contributed by atoms with E-state index in [9.17, 15) is 9.59 Å². The molecule has 0 saturated heterocycles. The van der Waals surface area contributed by atoms with E-state index in [1.165, 1.54) is 28.6 Å². The lowest BCUT2D eigenvalue weighted by Crippen LogP contribution is -2.29. The highest BCUT2D eigenvalue weighted by Gasteiger charge is 2.22. The number of fused-ring (bicyclic) bond motifs is 3. The maximum atomic E-state index is 13.4. The van der Waals surface area contributed by atoms with Crippen LogP contribution in [0.15, 0.2) is 9.95 Å². The highest BCUT2D eigenvalue weighted by molar-refractivity contribution is 7.99. The highest BCUT2D eigenvalue weighted by Crippen LogP contribution is 2.34. The first kappa shape index (κ1) is 21.4. The molecule has 28 heavy (non-hydrogen) atoms. The first-order valence-corrected chi connectivity index (χ1v) is 12.1. The minimum Gasteiger partial charge on any atom is -0.355 e. The minimum atomic E-state index is -0.00562. The van der Waals surface area contributed by atoms with Crippen LogP contribution < -0.4 is 10.9 Å². The van der Waals surface area contributed by atoms with Crippen molar-refractivity contribution in [2.45, 2.75) is 71.5 Å². The fourth-order valence-corrected chi connectivity index (χ4v) is 5.57. The number of thiophene rings is 1. The van der Waals surface area contributed by atoms with Crippen LogP contribution in [0.1, 0.15) is 57.4 Å². The number of aryl methyl sites for hydroxylation is 2. The summed E-state index contributed by atoms with van der Waals surface area (Å²) >= 11 is 3.05. The molecule has 1 N–H and O–H groups in total. The zero-order valence-corrected chi connectivity index (χ0v) is 19.0. The van der Waals surface area contributed by atoms with Gasteiger partial charge in [-0.15, -0.1) is 11.3 Å². The van der Waals surface area contributed by atoms with Crippen LogP contribution in [0.3, 0.4) is 0 Å². The molecule has 2 aromatic rings. The van der Waals surface area contributed by atoms with E-state index in [0.29, 0.717) is 30.1 Å². The lowest BCUT2D eigenvalue weighted by Gasteiger charge is -2.14. The number of thioether (sulfide) groups is 1. The van der Waals surface area contributed by atoms with Crippen molar-refractivity contribution in [2.75, 3.05) is 12.3 Å². The van der Waals surface area contributed by atoms with E-state index >= 15 is 0 Å². The first-order valence-electron chi connectivity index (χ1n) is 10.3. The van der Waals surface area contributed by atoms with Gasteiger partial charge in [0.1, 0.15) is 4.83 Å². The molecule has 0 spiro atoms. The van der Waals surface area contributed by atoms with Crippen molar-refractivity contribution in [3.05, 3.63) is 20.8 Å². The van der Waals surface area contributed by atoms with E-state index < -0.39 is 0 Å². The Hall–Kier alpha value is -1.34. The van der Waals surface area contributed by atoms with Crippen LogP contribution in [0.2, 0.25) is 0 Å². The maximum absolute atomic E-state index is 13.4. The predicted octanol–water partition coefficient (Wildman–Crippen LogP) is 4.25. The van der Waals surface area contributed by atoms with Crippen molar-refractivity contribution in [1.29, 1.82) is 0 Å². The maximum Gasteiger partial charge on any atom is 0.263 e. The number of hydrogen-bond donors (Lipinski definition) is 1. The van der Waals surface area contributed by atoms with Gasteiger partial charge in [-0.2, -0.15) is 0 Å². The first-order chi connectivity index (χ1) is 13.4. The molecule has 0 saturated carbocycles. The van der Waals surface area contributed by atoms with E-state index in [1.807, 2.05) is 4.57 Å². The summed E-state index contributed by atoms with van der Waals surface area (Å²) < 4.78 is 1.81. The molecule has 7 heteroatoms. The lowest BCUT2D eigenvalue weighted by atomic mass is 9.97. The van der Waals surface area contributed by atoms with Gasteiger partial charge in [-0.1, -0.05) is 39.5 Å². The molecule has 0 fully saturated rings. The standard InChI is InChI=1S/C21H31N3O2S2/c1-13(2)9-10-24-20(26)18-15-7-5-6-8-16(15)28-19(18)23-21(24)27-12-17(25)22-11-14(3)4/h13-14H,5-12H2,1-4H3,(H,22,25). The average molecular weight is 422 g/mol. The van der Waals surface area contributed by atoms with Crippen LogP contribution in [0, 0.1) is 11.8 Å². The molecule has 1 aliphatic carbocycles. The normalized spacial score (nSPS) is 14.1. The highest BCUT2D eigenvalue weighted by atomic mass is 32.2. The topological polar surface area (TPSA) is 64.0 Å². The van der Waals surface area contributed by atoms with Crippen molar-refractivity contribution >= 4 is 39.2 Å². The number of nitrogens with one attached hydrogen (secondary N) is 1. The zero-order valence-electron chi connectivity index (χ0n) is 17.3. The number of nitrogens with zero attached hydrogens (tertiary/aromatic N) is 2. The van der Waals surface area contributed by atoms with Gasteiger partial charge in [0.2, 0.25) is 5.91 Å². The molecule has 0 radical (unpaired) electrons. The fourth-order valence-electron chi connectivity index (χ4n) is 3.41. The van der Waals surface area contributed by atoms with Gasteiger partial charge in [0, 0.05) is 18.0 Å². The van der Waals surface area contributed by atoms with Crippen molar-refractivity contribution in [3.63, 3.8) is 0 Å². The molecule has 2 aromatic heterocycles. The van der Waals surface area contributed by atoms with E-state index in [1.54, 1.807) is 11.3 Å². The number of carbonyl (C=O) groups is 1. The van der Waals surface area contributed by atoms with Gasteiger partial charge in [0.25, 0.3) is 5.56 Å². The SMILES string of the molecule is CC(C)CCn1c(SCC(=O)NCC(C)C)nc2sc3c(c2c1=O)CCCC3. The van der Waals surface area contributed by atoms with Crippen LogP contribution in [0.25, 0.3) is 10.2 Å². The molecule has 0 unspecified atom stereocenters. The Bertz CT molecular complexity index is 899. The second kappa shape index (κ2) is 9.44. The third-order valence-corrected chi connectivity index (χ3v) is 7.17. The number of carbonyl (C=O) groups excluding carboxylic acids is 1. The predicted molar refractivity (Wildman–Crippen MR) is 119 cm³/mol. The van der Waals surface area contributed by atoms with Gasteiger partial charge in [-0.25, -0.2) is 4.98 Å². The summed E-state index contributed by atoms with van der Waals surface area (Å²) in [5.41, 5.74) is 1.31. The third kappa shape index (κ3) is 4.98. The van der Waals surface area contributed by atoms with E-state index in [4.69, 9.17) is 4.98 Å². The number of rotatable bonds is 8. The van der Waals surface area contributed by atoms with E-state index in [2.05, 4.69) is 33.0 Å². The lowest BCUT2D eigenvalue weighted by molar-refractivity contribution is -0.118. The summed E-state index contributed by atoms with van der Waals surface area (Å²) in [5, 5.41) is 4.45. The van der Waals surface area contributed by atoms with Crippen LogP contribution in [0.5, 0.6) is 0 Å². The molecule has 0 atom stereocenters. The van der Waals surface area contributed by atoms with Crippen LogP contribution in [-0.4, -0.2) is 27.8 Å². The van der Waals surface area contributed by atoms with Crippen molar-refractivity contribution in [1.82, 2.24) is 14.9 Å². The minimum absolute atomic E-state index is 0.00562. The zero-order chi connectivity index (χ0) is 20.3. The Kier molecular flexibility index (Phi) is 7.20. The smallest absolute Gasteiger partial charge is 0.263 e. The van der Waals surface area contributed by atoms with Gasteiger partial charge < -0.3 is 5.32 Å². The third-order valence-electron chi connectivity index (χ3n) is 5.01. The van der Waals surface area contributed by atoms with Crippen molar-refractivity contribution < 1.29 is 4.79 Å². The van der Waals surface area contributed by atoms with Gasteiger partial charge >= 0.3 is 0 Å². The summed E-state index contributed by atoms with van der Waals surface area (Å²) in [7, 11) is 0. The van der Waals surface area contributed by atoms with Crippen molar-refractivity contribution in [2.24, 2.45) is 11.8 Å². The number of amides is 1. The quantitative estimate of drug-likeness (QED) is 0.511. The summed E-state index contributed by atoms with van der Waals surface area (Å²) in [5.74, 6) is 1.21. The molecule has 5 nitrogen and oxygen atoms in total. The Morgan fingerprint density at radius 1 is 1.21 bits per heavy atom. The van der Waals surface area contributed by atoms with Crippen LogP contribution >= 0.6 is 23.1 Å². The molecule has 2 heterocycles. The molecule has 0 aliphatic heterocycles. The summed E-state index contributed by atoms with van der Waals surface area (Å²) in [4.78, 5) is 32.6. The Morgan fingerprint density at radius 2 is 1.96 bits per heavy atom. The average Bonchev–Trinajstić information content (AvgIpc) is 3.02.